The maximum atomic E-state index is 12.8. The van der Waals surface area contributed by atoms with E-state index in [1.54, 1.807) is 10.8 Å². The van der Waals surface area contributed by atoms with E-state index in [4.69, 9.17) is 14.6 Å². The molecule has 1 aliphatic heterocycles. The van der Waals surface area contributed by atoms with E-state index in [2.05, 4.69) is 18.3 Å². The van der Waals surface area contributed by atoms with Crippen molar-refractivity contribution < 1.29 is 14.3 Å². The number of hydrogen-bond acceptors (Lipinski definition) is 5. The monoisotopic (exact) mass is 470 g/mol. The molecule has 2 aromatic carbocycles. The Morgan fingerprint density at radius 3 is 2.83 bits per heavy atom. The first kappa shape index (κ1) is 24.2. The average molecular weight is 471 g/mol. The largest absolute Gasteiger partial charge is 0.494 e. The molecule has 0 spiro atoms. The first-order valence-corrected chi connectivity index (χ1v) is 12.0. The van der Waals surface area contributed by atoms with E-state index in [0.717, 1.165) is 41.8 Å². The molecule has 3 aromatic rings. The Hall–Kier alpha value is -3.89. The fourth-order valence-corrected chi connectivity index (χ4v) is 4.04. The fourth-order valence-electron chi connectivity index (χ4n) is 4.04. The normalized spacial score (nSPS) is 15.6. The van der Waals surface area contributed by atoms with Crippen molar-refractivity contribution in [2.24, 2.45) is 0 Å². The van der Waals surface area contributed by atoms with Crippen molar-refractivity contribution in [1.82, 2.24) is 15.1 Å². The highest BCUT2D eigenvalue weighted by molar-refractivity contribution is 6.02. The summed E-state index contributed by atoms with van der Waals surface area (Å²) in [4.78, 5) is 12.8. The molecule has 35 heavy (non-hydrogen) atoms. The van der Waals surface area contributed by atoms with Gasteiger partial charge in [-0.2, -0.15) is 10.4 Å². The van der Waals surface area contributed by atoms with Crippen molar-refractivity contribution in [1.29, 1.82) is 5.26 Å². The molecule has 2 heterocycles. The Labute approximate surface area is 206 Å². The minimum atomic E-state index is -0.415. The number of rotatable bonds is 9. The van der Waals surface area contributed by atoms with Crippen molar-refractivity contribution in [3.05, 3.63) is 71.4 Å². The molecule has 1 atom stereocenters. The van der Waals surface area contributed by atoms with E-state index in [1.165, 1.54) is 0 Å². The van der Waals surface area contributed by atoms with Crippen LogP contribution in [0.15, 0.2) is 60.3 Å². The first-order chi connectivity index (χ1) is 17.1. The van der Waals surface area contributed by atoms with Crippen molar-refractivity contribution in [3.8, 4) is 28.8 Å². The van der Waals surface area contributed by atoms with Crippen LogP contribution < -0.4 is 10.1 Å². The van der Waals surface area contributed by atoms with Gasteiger partial charge in [0.15, 0.2) is 0 Å². The summed E-state index contributed by atoms with van der Waals surface area (Å²) in [7, 11) is 0. The Kier molecular flexibility index (Phi) is 7.96. The lowest BCUT2D eigenvalue weighted by Crippen LogP contribution is -2.32. The van der Waals surface area contributed by atoms with Crippen LogP contribution in [0.4, 0.5) is 0 Å². The van der Waals surface area contributed by atoms with Crippen molar-refractivity contribution >= 4 is 12.0 Å². The molecule has 7 nitrogen and oxygen atoms in total. The number of carbonyl (C=O) groups excluding carboxylic acids is 1. The van der Waals surface area contributed by atoms with Gasteiger partial charge in [-0.25, -0.2) is 4.68 Å². The van der Waals surface area contributed by atoms with Crippen LogP contribution in [0.25, 0.3) is 23.0 Å². The maximum absolute atomic E-state index is 12.8. The van der Waals surface area contributed by atoms with Gasteiger partial charge >= 0.3 is 0 Å². The number of nitrogens with zero attached hydrogens (tertiary/aromatic N) is 3. The number of ether oxygens (including phenoxy) is 2. The molecular weight excluding hydrogens is 440 g/mol. The number of aromatic nitrogens is 2. The number of aryl methyl sites for hydroxylation is 1. The first-order valence-electron chi connectivity index (χ1n) is 12.0. The van der Waals surface area contributed by atoms with Crippen LogP contribution in [0.5, 0.6) is 5.75 Å². The Bertz CT molecular complexity index is 1230. The third-order valence-corrected chi connectivity index (χ3v) is 5.87. The van der Waals surface area contributed by atoms with Crippen LogP contribution in [-0.4, -0.2) is 41.6 Å². The van der Waals surface area contributed by atoms with Crippen LogP contribution in [0.2, 0.25) is 0 Å². The Balaban J connectivity index is 1.69. The molecule has 1 saturated heterocycles. The lowest BCUT2D eigenvalue weighted by Gasteiger charge is -2.10. The van der Waals surface area contributed by atoms with Crippen LogP contribution >= 0.6 is 0 Å². The highest BCUT2D eigenvalue weighted by atomic mass is 16.5. The summed E-state index contributed by atoms with van der Waals surface area (Å²) >= 11 is 0. The summed E-state index contributed by atoms with van der Waals surface area (Å²) in [6, 6.07) is 17.7. The summed E-state index contributed by atoms with van der Waals surface area (Å²) in [6.07, 6.45) is 6.29. The predicted octanol–water partition coefficient (Wildman–Crippen LogP) is 4.84. The molecule has 0 bridgehead atoms. The van der Waals surface area contributed by atoms with Crippen molar-refractivity contribution in [2.75, 3.05) is 19.8 Å². The van der Waals surface area contributed by atoms with E-state index >= 15 is 0 Å². The molecule has 1 amide bonds. The quantitative estimate of drug-likeness (QED) is 0.357. The lowest BCUT2D eigenvalue weighted by molar-refractivity contribution is -0.117. The Morgan fingerprint density at radius 1 is 1.31 bits per heavy atom. The summed E-state index contributed by atoms with van der Waals surface area (Å²) in [5.74, 6) is 0.389. The van der Waals surface area contributed by atoms with E-state index in [0.29, 0.717) is 31.0 Å². The predicted molar refractivity (Wildman–Crippen MR) is 135 cm³/mol. The van der Waals surface area contributed by atoms with Crippen LogP contribution in [0.1, 0.15) is 37.3 Å². The molecule has 4 rings (SSSR count). The van der Waals surface area contributed by atoms with Crippen LogP contribution in [0.3, 0.4) is 0 Å². The molecular formula is C28H30N4O3. The zero-order chi connectivity index (χ0) is 24.6. The van der Waals surface area contributed by atoms with Gasteiger partial charge < -0.3 is 14.8 Å². The number of benzene rings is 2. The molecule has 180 valence electrons. The minimum Gasteiger partial charge on any atom is -0.494 e. The van der Waals surface area contributed by atoms with Gasteiger partial charge in [0.05, 0.1) is 18.4 Å². The lowest BCUT2D eigenvalue weighted by atomic mass is 10.0. The highest BCUT2D eigenvalue weighted by Crippen LogP contribution is 2.31. The molecule has 0 radical (unpaired) electrons. The number of amides is 1. The number of para-hydroxylation sites is 1. The van der Waals surface area contributed by atoms with Gasteiger partial charge in [0.1, 0.15) is 23.1 Å². The van der Waals surface area contributed by atoms with Gasteiger partial charge in [-0.15, -0.1) is 0 Å². The van der Waals surface area contributed by atoms with Gasteiger partial charge in [0.2, 0.25) is 0 Å². The van der Waals surface area contributed by atoms with Crippen LogP contribution in [-0.2, 0) is 9.53 Å². The third-order valence-electron chi connectivity index (χ3n) is 5.87. The summed E-state index contributed by atoms with van der Waals surface area (Å²) in [6.45, 7) is 5.84. The topological polar surface area (TPSA) is 89.2 Å². The third kappa shape index (κ3) is 5.97. The molecule has 1 aromatic heterocycles. The van der Waals surface area contributed by atoms with Gasteiger partial charge in [-0.3, -0.25) is 4.79 Å². The Morgan fingerprint density at radius 2 is 2.14 bits per heavy atom. The second-order valence-electron chi connectivity index (χ2n) is 8.55. The summed E-state index contributed by atoms with van der Waals surface area (Å²) in [5.41, 5.74) is 4.18. The van der Waals surface area contributed by atoms with E-state index in [9.17, 15) is 10.1 Å². The minimum absolute atomic E-state index is 0.00590. The van der Waals surface area contributed by atoms with Gasteiger partial charge in [0.25, 0.3) is 5.91 Å². The number of carbonyl (C=O) groups is 1. The fraction of sp³-hybridized carbons (Fsp3) is 0.321. The molecule has 0 aliphatic carbocycles. The van der Waals surface area contributed by atoms with Gasteiger partial charge in [0, 0.05) is 30.5 Å². The van der Waals surface area contributed by atoms with E-state index in [-0.39, 0.29) is 11.7 Å². The average Bonchev–Trinajstić information content (AvgIpc) is 3.55. The van der Waals surface area contributed by atoms with E-state index < -0.39 is 5.91 Å². The molecule has 1 fully saturated rings. The van der Waals surface area contributed by atoms with E-state index in [1.807, 2.05) is 61.7 Å². The zero-order valence-electron chi connectivity index (χ0n) is 20.2. The summed E-state index contributed by atoms with van der Waals surface area (Å²) in [5, 5.41) is 17.4. The standard InChI is InChI=1S/C28H30N4O3/c1-3-13-34-24-11-12-26(20(2)15-24)27-22(19-32(31-27)23-8-5-4-6-9-23)16-21(17-29)28(33)30-18-25-10-7-14-35-25/h4-6,8-9,11-12,15-16,19,25H,3,7,10,13-14,18H2,1-2H3,(H,30,33)/b21-16+/t25-/m1/s1. The van der Waals surface area contributed by atoms with Crippen molar-refractivity contribution in [2.45, 2.75) is 39.2 Å². The molecule has 7 heteroatoms. The highest BCUT2D eigenvalue weighted by Gasteiger charge is 2.19. The van der Waals surface area contributed by atoms with Crippen molar-refractivity contribution in [3.63, 3.8) is 0 Å². The molecule has 1 N–H and O–H groups in total. The second kappa shape index (κ2) is 11.5. The maximum Gasteiger partial charge on any atom is 0.262 e. The molecule has 0 saturated carbocycles. The summed E-state index contributed by atoms with van der Waals surface area (Å²) < 4.78 is 13.1. The molecule has 1 aliphatic rings. The van der Waals surface area contributed by atoms with Gasteiger partial charge in [-0.1, -0.05) is 25.1 Å². The zero-order valence-corrected chi connectivity index (χ0v) is 20.2. The van der Waals surface area contributed by atoms with Gasteiger partial charge in [-0.05, 0) is 68.2 Å². The molecule has 0 unspecified atom stereocenters. The number of nitriles is 1. The number of nitrogens with one attached hydrogen (secondary N) is 1. The smallest absolute Gasteiger partial charge is 0.262 e. The SMILES string of the molecule is CCCOc1ccc(-c2nn(-c3ccccc3)cc2/C=C(\C#N)C(=O)NC[C@H]2CCCO2)c(C)c1. The second-order valence-corrected chi connectivity index (χ2v) is 8.55. The number of hydrogen-bond donors (Lipinski definition) is 1. The van der Waals surface area contributed by atoms with Crippen LogP contribution in [0, 0.1) is 18.3 Å².